The van der Waals surface area contributed by atoms with Crippen LogP contribution in [0.4, 0.5) is 11.4 Å². The zero-order chi connectivity index (χ0) is 26.7. The van der Waals surface area contributed by atoms with Crippen molar-refractivity contribution in [1.29, 1.82) is 0 Å². The Kier molecular flexibility index (Phi) is 7.69. The van der Waals surface area contributed by atoms with Gasteiger partial charge in [-0.25, -0.2) is 9.79 Å². The van der Waals surface area contributed by atoms with Crippen LogP contribution in [0.25, 0.3) is 6.08 Å². The second kappa shape index (κ2) is 10.9. The maximum Gasteiger partial charge on any atom is 0.363 e. The molecule has 3 aromatic rings. The predicted molar refractivity (Wildman–Crippen MR) is 142 cm³/mol. The molecule has 0 radical (unpaired) electrons. The van der Waals surface area contributed by atoms with Crippen molar-refractivity contribution in [1.82, 2.24) is 0 Å². The van der Waals surface area contributed by atoms with Crippen molar-refractivity contribution in [3.63, 3.8) is 0 Å². The van der Waals surface area contributed by atoms with Crippen molar-refractivity contribution in [3.05, 3.63) is 106 Å². The third-order valence-electron chi connectivity index (χ3n) is 5.07. The maximum atomic E-state index is 12.4. The Labute approximate surface area is 227 Å². The van der Waals surface area contributed by atoms with Crippen molar-refractivity contribution < 1.29 is 28.9 Å². The monoisotopic (exact) mass is 635 g/mol. The van der Waals surface area contributed by atoms with Crippen LogP contribution >= 0.6 is 34.2 Å². The lowest BCUT2D eigenvalue weighted by Gasteiger charge is -2.13. The van der Waals surface area contributed by atoms with Crippen LogP contribution in [-0.2, 0) is 16.1 Å². The number of rotatable bonds is 8. The predicted octanol–water partition coefficient (Wildman–Crippen LogP) is 5.69. The van der Waals surface area contributed by atoms with E-state index in [4.69, 9.17) is 25.8 Å². The van der Waals surface area contributed by atoms with E-state index in [0.29, 0.717) is 26.2 Å². The molecule has 0 spiro atoms. The van der Waals surface area contributed by atoms with E-state index in [1.54, 1.807) is 24.3 Å². The molecule has 0 N–H and O–H groups in total. The van der Waals surface area contributed by atoms with E-state index in [-0.39, 0.29) is 40.2 Å². The van der Waals surface area contributed by atoms with Gasteiger partial charge in [0.2, 0.25) is 5.90 Å². The third kappa shape index (κ3) is 5.86. The summed E-state index contributed by atoms with van der Waals surface area (Å²) < 4.78 is 17.2. The molecule has 1 heterocycles. The van der Waals surface area contributed by atoms with E-state index in [9.17, 15) is 25.0 Å². The van der Waals surface area contributed by atoms with Crippen LogP contribution in [0.2, 0.25) is 5.02 Å². The number of carbonyl (C=O) groups excluding carboxylic acids is 1. The minimum Gasteiger partial charge on any atom is -0.493 e. The molecule has 0 aliphatic carbocycles. The number of ether oxygens (including phenoxy) is 3. The molecule has 4 rings (SSSR count). The van der Waals surface area contributed by atoms with Crippen molar-refractivity contribution in [2.45, 2.75) is 6.61 Å². The fraction of sp³-hybridized carbons (Fsp3) is 0.0833. The second-order valence-corrected chi connectivity index (χ2v) is 9.08. The van der Waals surface area contributed by atoms with Crippen LogP contribution in [0.1, 0.15) is 16.7 Å². The number of halogens is 2. The summed E-state index contributed by atoms with van der Waals surface area (Å²) in [5.74, 6) is -0.124. The lowest BCUT2D eigenvalue weighted by molar-refractivity contribution is -0.385. The number of aliphatic imine (C=N–C) groups is 1. The number of non-ortho nitro benzene ring substituents is 2. The van der Waals surface area contributed by atoms with Crippen LogP contribution in [0.15, 0.2) is 65.3 Å². The van der Waals surface area contributed by atoms with Crippen molar-refractivity contribution in [2.75, 3.05) is 7.11 Å². The molecule has 0 unspecified atom stereocenters. The van der Waals surface area contributed by atoms with Crippen LogP contribution in [0.5, 0.6) is 11.5 Å². The smallest absolute Gasteiger partial charge is 0.363 e. The summed E-state index contributed by atoms with van der Waals surface area (Å²) in [6, 6.07) is 13.2. The highest BCUT2D eigenvalue weighted by atomic mass is 127. The van der Waals surface area contributed by atoms with Crippen molar-refractivity contribution >= 4 is 63.5 Å². The van der Waals surface area contributed by atoms with E-state index in [1.165, 1.54) is 43.5 Å². The van der Waals surface area contributed by atoms with Gasteiger partial charge in [0, 0.05) is 24.3 Å². The van der Waals surface area contributed by atoms with Crippen molar-refractivity contribution in [2.24, 2.45) is 4.99 Å². The van der Waals surface area contributed by atoms with Crippen molar-refractivity contribution in [3.8, 4) is 11.5 Å². The third-order valence-corrected chi connectivity index (χ3v) is 6.20. The fourth-order valence-electron chi connectivity index (χ4n) is 3.35. The summed E-state index contributed by atoms with van der Waals surface area (Å²) in [5, 5.41) is 22.2. The molecule has 0 atom stereocenters. The molecule has 188 valence electrons. The molecule has 0 fully saturated rings. The Hall–Kier alpha value is -4.04. The first-order valence-electron chi connectivity index (χ1n) is 10.4. The van der Waals surface area contributed by atoms with Crippen LogP contribution in [-0.4, -0.2) is 28.8 Å². The van der Waals surface area contributed by atoms with E-state index in [2.05, 4.69) is 4.99 Å². The molecule has 0 bridgehead atoms. The molecule has 0 amide bonds. The average Bonchev–Trinajstić information content (AvgIpc) is 3.22. The van der Waals surface area contributed by atoms with Crippen LogP contribution in [0, 0.1) is 23.8 Å². The Morgan fingerprint density at radius 3 is 2.51 bits per heavy atom. The van der Waals surface area contributed by atoms with Gasteiger partial charge in [0.05, 0.1) is 31.1 Å². The quantitative estimate of drug-likeness (QED) is 0.101. The number of methoxy groups -OCH3 is 1. The Morgan fingerprint density at radius 1 is 1.08 bits per heavy atom. The molecular formula is C24H15ClIN3O8. The van der Waals surface area contributed by atoms with Gasteiger partial charge in [0.1, 0.15) is 6.61 Å². The molecule has 1 aliphatic rings. The number of hydrogen-bond donors (Lipinski definition) is 0. The van der Waals surface area contributed by atoms with Gasteiger partial charge < -0.3 is 14.2 Å². The van der Waals surface area contributed by atoms with Gasteiger partial charge in [0.25, 0.3) is 11.4 Å². The zero-order valence-electron chi connectivity index (χ0n) is 18.8. The topological polar surface area (TPSA) is 143 Å². The molecule has 0 saturated carbocycles. The molecule has 3 aromatic carbocycles. The number of hydrogen-bond acceptors (Lipinski definition) is 9. The van der Waals surface area contributed by atoms with E-state index < -0.39 is 15.8 Å². The molecule has 13 heteroatoms. The number of nitro benzene ring substituents is 2. The standard InChI is InChI=1S/C24H15ClIN3O8/c1-35-21-10-14(8-19(26)22(21)36-12-13-3-2-4-15(7-13)28(31)32)9-20-24(30)37-23(27-20)17-11-16(29(33)34)5-6-18(17)25/h2-11H,12H2,1H3/b20-9-. The molecule has 0 aromatic heterocycles. The number of esters is 1. The number of nitrogens with zero attached hydrogens (tertiary/aromatic N) is 3. The Bertz CT molecular complexity index is 1510. The van der Waals surface area contributed by atoms with Crippen LogP contribution < -0.4 is 9.47 Å². The normalized spacial score (nSPS) is 13.8. The number of nitro groups is 2. The summed E-state index contributed by atoms with van der Waals surface area (Å²) in [4.78, 5) is 37.6. The minimum atomic E-state index is -0.752. The highest BCUT2D eigenvalue weighted by Crippen LogP contribution is 2.36. The zero-order valence-corrected chi connectivity index (χ0v) is 21.8. The number of benzene rings is 3. The fourth-order valence-corrected chi connectivity index (χ4v) is 4.33. The highest BCUT2D eigenvalue weighted by molar-refractivity contribution is 14.1. The first-order valence-corrected chi connectivity index (χ1v) is 11.8. The van der Waals surface area contributed by atoms with Gasteiger partial charge in [0.15, 0.2) is 17.2 Å². The molecule has 1 aliphatic heterocycles. The number of cyclic esters (lactones) is 1. The van der Waals surface area contributed by atoms with Crippen LogP contribution in [0.3, 0.4) is 0 Å². The van der Waals surface area contributed by atoms with E-state index in [1.807, 2.05) is 22.6 Å². The highest BCUT2D eigenvalue weighted by Gasteiger charge is 2.27. The largest absolute Gasteiger partial charge is 0.493 e. The first kappa shape index (κ1) is 26.0. The van der Waals surface area contributed by atoms with E-state index in [0.717, 1.165) is 0 Å². The lowest BCUT2D eigenvalue weighted by Crippen LogP contribution is -2.06. The maximum absolute atomic E-state index is 12.4. The molecular weight excluding hydrogens is 621 g/mol. The number of carbonyl (C=O) groups is 1. The molecule has 11 nitrogen and oxygen atoms in total. The van der Waals surface area contributed by atoms with Gasteiger partial charge in [-0.3, -0.25) is 20.2 Å². The average molecular weight is 636 g/mol. The summed E-state index contributed by atoms with van der Waals surface area (Å²) in [5.41, 5.74) is 0.958. The summed E-state index contributed by atoms with van der Waals surface area (Å²) in [6.45, 7) is 0.0679. The Morgan fingerprint density at radius 2 is 1.81 bits per heavy atom. The van der Waals surface area contributed by atoms with Gasteiger partial charge in [-0.1, -0.05) is 23.7 Å². The Balaban J connectivity index is 1.61. The minimum absolute atomic E-state index is 0.0410. The summed E-state index contributed by atoms with van der Waals surface area (Å²) >= 11 is 8.17. The first-order chi connectivity index (χ1) is 17.7. The lowest BCUT2D eigenvalue weighted by atomic mass is 10.1. The van der Waals surface area contributed by atoms with Gasteiger partial charge in [-0.05, 0) is 58.0 Å². The van der Waals surface area contributed by atoms with Gasteiger partial charge >= 0.3 is 5.97 Å². The molecule has 37 heavy (non-hydrogen) atoms. The summed E-state index contributed by atoms with van der Waals surface area (Å²) in [7, 11) is 1.45. The van der Waals surface area contributed by atoms with Gasteiger partial charge in [-0.15, -0.1) is 0 Å². The second-order valence-electron chi connectivity index (χ2n) is 7.51. The van der Waals surface area contributed by atoms with Gasteiger partial charge in [-0.2, -0.15) is 0 Å². The molecule has 0 saturated heterocycles. The van der Waals surface area contributed by atoms with E-state index >= 15 is 0 Å². The summed E-state index contributed by atoms with van der Waals surface area (Å²) in [6.07, 6.45) is 1.47. The SMILES string of the molecule is COc1cc(/C=C2\N=C(c3cc([N+](=O)[O-])ccc3Cl)OC2=O)cc(I)c1OCc1cccc([N+](=O)[O-])c1.